The largest absolute Gasteiger partial charge is 0.389 e. The number of para-hydroxylation sites is 1. The van der Waals surface area contributed by atoms with Gasteiger partial charge in [0.25, 0.3) is 0 Å². The van der Waals surface area contributed by atoms with Gasteiger partial charge in [0.15, 0.2) is 0 Å². The molecule has 0 spiro atoms. The lowest BCUT2D eigenvalue weighted by Crippen LogP contribution is -2.39. The van der Waals surface area contributed by atoms with E-state index in [0.717, 1.165) is 43.8 Å². The van der Waals surface area contributed by atoms with E-state index in [4.69, 9.17) is 4.98 Å². The molecule has 1 aromatic heterocycles. The maximum Gasteiger partial charge on any atom is 0.133 e. The SMILES string of the molecule is CCC(O)(CC)CNCc1cc2ccccc2nc1N1CCCCC1. The molecule has 25 heavy (non-hydrogen) atoms. The third-order valence-electron chi connectivity index (χ3n) is 5.52. The van der Waals surface area contributed by atoms with Crippen molar-refractivity contribution in [3.05, 3.63) is 35.9 Å². The molecule has 2 aromatic rings. The van der Waals surface area contributed by atoms with Gasteiger partial charge in [-0.3, -0.25) is 0 Å². The van der Waals surface area contributed by atoms with E-state index < -0.39 is 5.60 Å². The number of nitrogens with zero attached hydrogens (tertiary/aromatic N) is 2. The molecule has 2 N–H and O–H groups in total. The maximum absolute atomic E-state index is 10.5. The van der Waals surface area contributed by atoms with Crippen LogP contribution in [0.4, 0.5) is 5.82 Å². The highest BCUT2D eigenvalue weighted by Gasteiger charge is 2.22. The van der Waals surface area contributed by atoms with Crippen molar-refractivity contribution in [3.8, 4) is 0 Å². The van der Waals surface area contributed by atoms with Crippen LogP contribution in [0, 0.1) is 0 Å². The monoisotopic (exact) mass is 341 g/mol. The second-order valence-corrected chi connectivity index (χ2v) is 7.25. The summed E-state index contributed by atoms with van der Waals surface area (Å²) in [6.07, 6.45) is 5.34. The highest BCUT2D eigenvalue weighted by molar-refractivity contribution is 5.81. The zero-order valence-electron chi connectivity index (χ0n) is 15.6. The third-order valence-corrected chi connectivity index (χ3v) is 5.52. The summed E-state index contributed by atoms with van der Waals surface area (Å²) in [5.74, 6) is 1.11. The molecule has 0 radical (unpaired) electrons. The number of pyridine rings is 1. The normalized spacial score (nSPS) is 15.7. The molecular weight excluding hydrogens is 310 g/mol. The smallest absolute Gasteiger partial charge is 0.133 e. The first kappa shape index (κ1) is 18.2. The lowest BCUT2D eigenvalue weighted by Gasteiger charge is -2.30. The second-order valence-electron chi connectivity index (χ2n) is 7.25. The van der Waals surface area contributed by atoms with Crippen molar-refractivity contribution in [1.29, 1.82) is 0 Å². The second kappa shape index (κ2) is 8.15. The van der Waals surface area contributed by atoms with Crippen molar-refractivity contribution in [2.45, 2.75) is 58.1 Å². The fourth-order valence-corrected chi connectivity index (χ4v) is 3.59. The summed E-state index contributed by atoms with van der Waals surface area (Å²) >= 11 is 0. The summed E-state index contributed by atoms with van der Waals surface area (Å²) in [5.41, 5.74) is 1.68. The van der Waals surface area contributed by atoms with Gasteiger partial charge in [0.1, 0.15) is 5.82 Å². The van der Waals surface area contributed by atoms with Crippen molar-refractivity contribution >= 4 is 16.7 Å². The van der Waals surface area contributed by atoms with Crippen LogP contribution < -0.4 is 10.2 Å². The molecule has 0 unspecified atom stereocenters. The Kier molecular flexibility index (Phi) is 5.92. The lowest BCUT2D eigenvalue weighted by atomic mass is 9.97. The molecule has 4 heteroatoms. The molecule has 136 valence electrons. The van der Waals surface area contributed by atoms with Gasteiger partial charge in [-0.2, -0.15) is 0 Å². The minimum atomic E-state index is -0.616. The number of anilines is 1. The molecule has 0 bridgehead atoms. The predicted octanol–water partition coefficient (Wildman–Crippen LogP) is 3.87. The number of hydrogen-bond acceptors (Lipinski definition) is 4. The van der Waals surface area contributed by atoms with E-state index in [2.05, 4.69) is 40.5 Å². The van der Waals surface area contributed by atoms with Crippen molar-refractivity contribution in [2.24, 2.45) is 0 Å². The molecule has 1 fully saturated rings. The van der Waals surface area contributed by atoms with Crippen LogP contribution in [-0.4, -0.2) is 35.3 Å². The van der Waals surface area contributed by atoms with Gasteiger partial charge in [-0.15, -0.1) is 0 Å². The van der Waals surface area contributed by atoms with E-state index >= 15 is 0 Å². The van der Waals surface area contributed by atoms with Crippen LogP contribution >= 0.6 is 0 Å². The summed E-state index contributed by atoms with van der Waals surface area (Å²) in [7, 11) is 0. The van der Waals surface area contributed by atoms with Crippen LogP contribution in [0.5, 0.6) is 0 Å². The number of fused-ring (bicyclic) bond motifs is 1. The quantitative estimate of drug-likeness (QED) is 0.803. The van der Waals surface area contributed by atoms with E-state index in [1.54, 1.807) is 0 Å². The standard InChI is InChI=1S/C21H31N3O/c1-3-21(25,4-2)16-22-15-18-14-17-10-6-7-11-19(17)23-20(18)24-12-8-5-9-13-24/h6-7,10-11,14,22,25H,3-5,8-9,12-13,15-16H2,1-2H3. The van der Waals surface area contributed by atoms with Gasteiger partial charge < -0.3 is 15.3 Å². The molecule has 1 saturated heterocycles. The van der Waals surface area contributed by atoms with Gasteiger partial charge in [0, 0.05) is 37.1 Å². The molecule has 1 aliphatic heterocycles. The molecule has 0 saturated carbocycles. The van der Waals surface area contributed by atoms with E-state index in [0.29, 0.717) is 6.54 Å². The third kappa shape index (κ3) is 4.31. The van der Waals surface area contributed by atoms with Gasteiger partial charge in [-0.05, 0) is 44.2 Å². The number of rotatable bonds is 7. The molecule has 1 aromatic carbocycles. The number of benzene rings is 1. The molecule has 4 nitrogen and oxygen atoms in total. The fraction of sp³-hybridized carbons (Fsp3) is 0.571. The number of aromatic nitrogens is 1. The Bertz CT molecular complexity index is 691. The Labute approximate surface area is 151 Å². The zero-order valence-corrected chi connectivity index (χ0v) is 15.6. The Balaban J connectivity index is 1.83. The minimum absolute atomic E-state index is 0.616. The molecular formula is C21H31N3O. The molecule has 0 atom stereocenters. The van der Waals surface area contributed by atoms with E-state index in [9.17, 15) is 5.11 Å². The molecule has 1 aliphatic rings. The highest BCUT2D eigenvalue weighted by atomic mass is 16.3. The van der Waals surface area contributed by atoms with Gasteiger partial charge in [0.05, 0.1) is 11.1 Å². The fourth-order valence-electron chi connectivity index (χ4n) is 3.59. The summed E-state index contributed by atoms with van der Waals surface area (Å²) in [6.45, 7) is 7.63. The summed E-state index contributed by atoms with van der Waals surface area (Å²) in [4.78, 5) is 7.41. The van der Waals surface area contributed by atoms with Gasteiger partial charge >= 0.3 is 0 Å². The Morgan fingerprint density at radius 1 is 1.12 bits per heavy atom. The van der Waals surface area contributed by atoms with Crippen LogP contribution in [-0.2, 0) is 6.54 Å². The summed E-state index contributed by atoms with van der Waals surface area (Å²) in [5, 5.41) is 15.2. The van der Waals surface area contributed by atoms with Gasteiger partial charge in [-0.25, -0.2) is 4.98 Å². The van der Waals surface area contributed by atoms with Crippen LogP contribution in [0.1, 0.15) is 51.5 Å². The van der Waals surface area contributed by atoms with Crippen LogP contribution in [0.25, 0.3) is 10.9 Å². The highest BCUT2D eigenvalue weighted by Crippen LogP contribution is 2.26. The van der Waals surface area contributed by atoms with E-state index in [1.165, 1.54) is 30.2 Å². The average Bonchev–Trinajstić information content (AvgIpc) is 2.68. The average molecular weight is 341 g/mol. The lowest BCUT2D eigenvalue weighted by molar-refractivity contribution is 0.0323. The van der Waals surface area contributed by atoms with Crippen LogP contribution in [0.15, 0.2) is 30.3 Å². The van der Waals surface area contributed by atoms with E-state index in [1.807, 2.05) is 13.8 Å². The first-order chi connectivity index (χ1) is 12.1. The van der Waals surface area contributed by atoms with Crippen molar-refractivity contribution in [3.63, 3.8) is 0 Å². The molecule has 0 aliphatic carbocycles. The Morgan fingerprint density at radius 2 is 1.84 bits per heavy atom. The number of piperidine rings is 1. The van der Waals surface area contributed by atoms with Crippen molar-refractivity contribution in [1.82, 2.24) is 10.3 Å². The Morgan fingerprint density at radius 3 is 2.56 bits per heavy atom. The minimum Gasteiger partial charge on any atom is -0.389 e. The summed E-state index contributed by atoms with van der Waals surface area (Å²) in [6, 6.07) is 10.6. The predicted molar refractivity (Wildman–Crippen MR) is 105 cm³/mol. The number of hydrogen-bond donors (Lipinski definition) is 2. The summed E-state index contributed by atoms with van der Waals surface area (Å²) < 4.78 is 0. The van der Waals surface area contributed by atoms with Crippen molar-refractivity contribution in [2.75, 3.05) is 24.5 Å². The van der Waals surface area contributed by atoms with Crippen LogP contribution in [0.3, 0.4) is 0 Å². The molecule has 3 rings (SSSR count). The van der Waals surface area contributed by atoms with Crippen LogP contribution in [0.2, 0.25) is 0 Å². The number of aliphatic hydroxyl groups is 1. The van der Waals surface area contributed by atoms with Crippen molar-refractivity contribution < 1.29 is 5.11 Å². The zero-order chi connectivity index (χ0) is 17.7. The topological polar surface area (TPSA) is 48.4 Å². The first-order valence-corrected chi connectivity index (χ1v) is 9.72. The Hall–Kier alpha value is -1.65. The van der Waals surface area contributed by atoms with E-state index in [-0.39, 0.29) is 0 Å². The van der Waals surface area contributed by atoms with Gasteiger partial charge in [-0.1, -0.05) is 32.0 Å². The molecule has 0 amide bonds. The number of nitrogens with one attached hydrogen (secondary N) is 1. The maximum atomic E-state index is 10.5. The molecule has 2 heterocycles. The van der Waals surface area contributed by atoms with Gasteiger partial charge in [0.2, 0.25) is 0 Å². The first-order valence-electron chi connectivity index (χ1n) is 9.72.